The van der Waals surface area contributed by atoms with Gasteiger partial charge in [-0.3, -0.25) is 10.1 Å². The van der Waals surface area contributed by atoms with Gasteiger partial charge in [-0.15, -0.1) is 0 Å². The molecule has 0 aliphatic carbocycles. The van der Waals surface area contributed by atoms with Gasteiger partial charge < -0.3 is 4.74 Å². The summed E-state index contributed by atoms with van der Waals surface area (Å²) in [5, 5.41) is 10.6. The van der Waals surface area contributed by atoms with Crippen molar-refractivity contribution in [2.45, 2.75) is 20.3 Å². The fraction of sp³-hybridized carbons (Fsp3) is 0.308. The molecule has 1 rings (SSSR count). The van der Waals surface area contributed by atoms with Crippen molar-refractivity contribution < 1.29 is 18.8 Å². The lowest BCUT2D eigenvalue weighted by molar-refractivity contribution is -0.387. The summed E-state index contributed by atoms with van der Waals surface area (Å²) in [6, 6.07) is 3.87. The van der Waals surface area contributed by atoms with E-state index in [0.717, 1.165) is 6.07 Å². The van der Waals surface area contributed by atoms with Crippen LogP contribution in [0.2, 0.25) is 0 Å². The third-order valence-electron chi connectivity index (χ3n) is 2.52. The minimum atomic E-state index is -0.920. The predicted molar refractivity (Wildman–Crippen MR) is 67.1 cm³/mol. The predicted octanol–water partition coefficient (Wildman–Crippen LogP) is 2.79. The van der Waals surface area contributed by atoms with E-state index in [1.165, 1.54) is 18.2 Å². The summed E-state index contributed by atoms with van der Waals surface area (Å²) in [6.45, 7) is 3.51. The lowest BCUT2D eigenvalue weighted by atomic mass is 10.0. The van der Waals surface area contributed by atoms with Crippen molar-refractivity contribution in [2.75, 3.05) is 6.61 Å². The van der Waals surface area contributed by atoms with Gasteiger partial charge in [0.05, 0.1) is 11.5 Å². The molecule has 0 aliphatic rings. The Hall–Kier alpha value is -2.24. The second-order valence-electron chi connectivity index (χ2n) is 3.72. The Morgan fingerprint density at radius 2 is 2.21 bits per heavy atom. The molecule has 0 amide bonds. The SMILES string of the molecule is C/C=C(\Cc1cccc([N+](=O)[O-])c1F)C(=O)OCC. The van der Waals surface area contributed by atoms with Gasteiger partial charge in [0.2, 0.25) is 5.82 Å². The van der Waals surface area contributed by atoms with E-state index < -0.39 is 22.4 Å². The minimum Gasteiger partial charge on any atom is -0.463 e. The second kappa shape index (κ2) is 6.63. The molecule has 0 bridgehead atoms. The van der Waals surface area contributed by atoms with Crippen LogP contribution in [-0.4, -0.2) is 17.5 Å². The van der Waals surface area contributed by atoms with E-state index >= 15 is 0 Å². The van der Waals surface area contributed by atoms with Crippen molar-refractivity contribution >= 4 is 11.7 Å². The summed E-state index contributed by atoms with van der Waals surface area (Å²) in [6.07, 6.45) is 1.47. The molecule has 0 saturated carbocycles. The van der Waals surface area contributed by atoms with Crippen LogP contribution in [0.3, 0.4) is 0 Å². The van der Waals surface area contributed by atoms with Gasteiger partial charge in [0.15, 0.2) is 0 Å². The fourth-order valence-corrected chi connectivity index (χ4v) is 1.56. The molecule has 1 aromatic carbocycles. The van der Waals surface area contributed by atoms with E-state index in [2.05, 4.69) is 0 Å². The van der Waals surface area contributed by atoms with Crippen LogP contribution in [0.4, 0.5) is 10.1 Å². The number of nitro benzene ring substituents is 1. The normalized spacial score (nSPS) is 11.2. The number of carbonyl (C=O) groups is 1. The first-order valence-corrected chi connectivity index (χ1v) is 5.75. The van der Waals surface area contributed by atoms with Gasteiger partial charge in [-0.05, 0) is 19.4 Å². The van der Waals surface area contributed by atoms with Gasteiger partial charge in [0.1, 0.15) is 0 Å². The third kappa shape index (κ3) is 3.61. The third-order valence-corrected chi connectivity index (χ3v) is 2.52. The Labute approximate surface area is 109 Å². The van der Waals surface area contributed by atoms with Crippen molar-refractivity contribution in [3.05, 3.63) is 51.3 Å². The molecule has 19 heavy (non-hydrogen) atoms. The summed E-state index contributed by atoms with van der Waals surface area (Å²) in [5.74, 6) is -1.47. The number of hydrogen-bond donors (Lipinski definition) is 0. The molecule has 0 spiro atoms. The van der Waals surface area contributed by atoms with Gasteiger partial charge in [0.25, 0.3) is 0 Å². The number of hydrogen-bond acceptors (Lipinski definition) is 4. The number of halogens is 1. The minimum absolute atomic E-state index is 0.0388. The van der Waals surface area contributed by atoms with Crippen molar-refractivity contribution in [1.29, 1.82) is 0 Å². The molecule has 0 aliphatic heterocycles. The number of nitrogens with zero attached hydrogens (tertiary/aromatic N) is 1. The highest BCUT2D eigenvalue weighted by Gasteiger charge is 2.19. The molecule has 5 nitrogen and oxygen atoms in total. The Balaban J connectivity index is 3.02. The summed E-state index contributed by atoms with van der Waals surface area (Å²) < 4.78 is 18.7. The van der Waals surface area contributed by atoms with Gasteiger partial charge in [-0.1, -0.05) is 18.2 Å². The van der Waals surface area contributed by atoms with Gasteiger partial charge >= 0.3 is 11.7 Å². The number of benzene rings is 1. The van der Waals surface area contributed by atoms with Crippen LogP contribution in [-0.2, 0) is 16.0 Å². The average Bonchev–Trinajstić information content (AvgIpc) is 2.37. The van der Waals surface area contributed by atoms with Crippen molar-refractivity contribution in [3.8, 4) is 0 Å². The molecule has 102 valence electrons. The first kappa shape index (κ1) is 14.8. The average molecular weight is 267 g/mol. The summed E-state index contributed by atoms with van der Waals surface area (Å²) in [4.78, 5) is 21.4. The molecule has 1 aromatic rings. The molecule has 6 heteroatoms. The zero-order valence-electron chi connectivity index (χ0n) is 10.7. The summed E-state index contributed by atoms with van der Waals surface area (Å²) >= 11 is 0. The van der Waals surface area contributed by atoms with Gasteiger partial charge in [-0.25, -0.2) is 4.79 Å². The molecule has 0 radical (unpaired) electrons. The fourth-order valence-electron chi connectivity index (χ4n) is 1.56. The van der Waals surface area contributed by atoms with E-state index in [1.807, 2.05) is 0 Å². The molecule has 0 heterocycles. The Morgan fingerprint density at radius 3 is 2.74 bits per heavy atom. The number of allylic oxidation sites excluding steroid dienone is 1. The van der Waals surface area contributed by atoms with E-state index in [1.54, 1.807) is 13.8 Å². The van der Waals surface area contributed by atoms with E-state index in [0.29, 0.717) is 0 Å². The Kier molecular flexibility index (Phi) is 5.17. The van der Waals surface area contributed by atoms with E-state index in [-0.39, 0.29) is 24.2 Å². The molecule has 0 aromatic heterocycles. The molecule has 0 atom stereocenters. The van der Waals surface area contributed by atoms with Crippen LogP contribution >= 0.6 is 0 Å². The molecule has 0 unspecified atom stereocenters. The maximum atomic E-state index is 13.8. The number of rotatable bonds is 5. The molecule has 0 fully saturated rings. The van der Waals surface area contributed by atoms with Crippen molar-refractivity contribution in [3.63, 3.8) is 0 Å². The highest BCUT2D eigenvalue weighted by atomic mass is 19.1. The number of nitro groups is 1. The highest BCUT2D eigenvalue weighted by Crippen LogP contribution is 2.22. The quantitative estimate of drug-likeness (QED) is 0.356. The van der Waals surface area contributed by atoms with Crippen LogP contribution in [0.25, 0.3) is 0 Å². The van der Waals surface area contributed by atoms with Gasteiger partial charge in [-0.2, -0.15) is 4.39 Å². The van der Waals surface area contributed by atoms with Crippen LogP contribution in [0, 0.1) is 15.9 Å². The Bertz CT molecular complexity index is 525. The summed E-state index contributed by atoms with van der Waals surface area (Å²) in [5.41, 5.74) is -0.242. The smallest absolute Gasteiger partial charge is 0.333 e. The van der Waals surface area contributed by atoms with Crippen LogP contribution in [0.15, 0.2) is 29.8 Å². The van der Waals surface area contributed by atoms with Gasteiger partial charge in [0, 0.05) is 18.1 Å². The molecule has 0 saturated heterocycles. The first-order valence-electron chi connectivity index (χ1n) is 5.75. The van der Waals surface area contributed by atoms with Crippen molar-refractivity contribution in [2.24, 2.45) is 0 Å². The maximum absolute atomic E-state index is 13.8. The van der Waals surface area contributed by atoms with E-state index in [4.69, 9.17) is 4.74 Å². The monoisotopic (exact) mass is 267 g/mol. The second-order valence-corrected chi connectivity index (χ2v) is 3.72. The lowest BCUT2D eigenvalue weighted by Gasteiger charge is -2.07. The van der Waals surface area contributed by atoms with Crippen LogP contribution in [0.5, 0.6) is 0 Å². The van der Waals surface area contributed by atoms with Crippen LogP contribution in [0.1, 0.15) is 19.4 Å². The number of ether oxygens (including phenoxy) is 1. The summed E-state index contributed by atoms with van der Waals surface area (Å²) in [7, 11) is 0. The zero-order valence-corrected chi connectivity index (χ0v) is 10.7. The topological polar surface area (TPSA) is 69.4 Å². The Morgan fingerprint density at radius 1 is 1.53 bits per heavy atom. The number of carbonyl (C=O) groups excluding carboxylic acids is 1. The van der Waals surface area contributed by atoms with Crippen LogP contribution < -0.4 is 0 Å². The molecular weight excluding hydrogens is 253 g/mol. The molecule has 0 N–H and O–H groups in total. The largest absolute Gasteiger partial charge is 0.463 e. The standard InChI is InChI=1S/C13H14FNO4/c1-3-9(13(16)19-4-2)8-10-6-5-7-11(12(10)14)15(17)18/h3,5-7H,4,8H2,1-2H3/b9-3+. The highest BCUT2D eigenvalue weighted by molar-refractivity contribution is 5.88. The van der Waals surface area contributed by atoms with E-state index in [9.17, 15) is 19.3 Å². The lowest BCUT2D eigenvalue weighted by Crippen LogP contribution is -2.10. The number of esters is 1. The first-order chi connectivity index (χ1) is 9.01. The maximum Gasteiger partial charge on any atom is 0.333 e. The zero-order chi connectivity index (χ0) is 14.4. The van der Waals surface area contributed by atoms with Crippen molar-refractivity contribution in [1.82, 2.24) is 0 Å². The molecular formula is C13H14FNO4.